The number of thioether (sulfide) groups is 1. The fraction of sp³-hybridized carbons (Fsp3) is 0.240. The topological polar surface area (TPSA) is 29.1 Å². The second-order valence-corrected chi connectivity index (χ2v) is 7.98. The predicted molar refractivity (Wildman–Crippen MR) is 120 cm³/mol. The van der Waals surface area contributed by atoms with Gasteiger partial charge in [0.1, 0.15) is 0 Å². The molecular weight excluding hydrogens is 362 g/mol. The van der Waals surface area contributed by atoms with Gasteiger partial charge in [0, 0.05) is 23.6 Å². The average molecular weight is 390 g/mol. The molecule has 0 aliphatic carbocycles. The van der Waals surface area contributed by atoms with E-state index < -0.39 is 0 Å². The Morgan fingerprint density at radius 3 is 2.29 bits per heavy atom. The molecule has 0 saturated carbocycles. The molecule has 3 aromatic rings. The molecular formula is C25H27NOS. The van der Waals surface area contributed by atoms with Crippen LogP contribution in [0.4, 0.5) is 0 Å². The zero-order valence-corrected chi connectivity index (χ0v) is 17.2. The third kappa shape index (κ3) is 6.00. The van der Waals surface area contributed by atoms with Gasteiger partial charge in [0.05, 0.1) is 0 Å². The first-order valence-electron chi connectivity index (χ1n) is 9.76. The number of rotatable bonds is 9. The van der Waals surface area contributed by atoms with Gasteiger partial charge in [0.2, 0.25) is 0 Å². The van der Waals surface area contributed by atoms with E-state index >= 15 is 0 Å². The summed E-state index contributed by atoms with van der Waals surface area (Å²) in [4.78, 5) is 12.6. The summed E-state index contributed by atoms with van der Waals surface area (Å²) < 4.78 is 0. The van der Waals surface area contributed by atoms with Gasteiger partial charge < -0.3 is 5.32 Å². The zero-order valence-electron chi connectivity index (χ0n) is 16.4. The molecule has 0 heterocycles. The number of hydrogen-bond acceptors (Lipinski definition) is 2. The van der Waals surface area contributed by atoms with Crippen molar-refractivity contribution in [3.8, 4) is 0 Å². The molecule has 0 fully saturated rings. The maximum absolute atomic E-state index is 12.6. The fourth-order valence-electron chi connectivity index (χ4n) is 3.17. The summed E-state index contributed by atoms with van der Waals surface area (Å²) in [5.74, 6) is 1.92. The summed E-state index contributed by atoms with van der Waals surface area (Å²) in [7, 11) is 0. The Labute approximate surface area is 172 Å². The second kappa shape index (κ2) is 10.7. The Hall–Kier alpha value is -2.52. The molecule has 0 spiro atoms. The van der Waals surface area contributed by atoms with Crippen LogP contribution in [0.2, 0.25) is 0 Å². The molecule has 0 aliphatic rings. The largest absolute Gasteiger partial charge is 0.351 e. The molecule has 28 heavy (non-hydrogen) atoms. The Bertz CT molecular complexity index is 892. The quantitative estimate of drug-likeness (QED) is 0.494. The third-order valence-electron chi connectivity index (χ3n) is 4.84. The minimum atomic E-state index is 0.0279. The molecule has 0 radical (unpaired) electrons. The van der Waals surface area contributed by atoms with Crippen LogP contribution in [-0.2, 0) is 18.6 Å². The van der Waals surface area contributed by atoms with Crippen LogP contribution in [-0.4, -0.2) is 18.2 Å². The van der Waals surface area contributed by atoms with Gasteiger partial charge in [-0.1, -0.05) is 72.8 Å². The van der Waals surface area contributed by atoms with Crippen molar-refractivity contribution in [2.75, 3.05) is 12.3 Å². The first-order valence-corrected chi connectivity index (χ1v) is 10.9. The minimum Gasteiger partial charge on any atom is -0.351 e. The van der Waals surface area contributed by atoms with Crippen molar-refractivity contribution >= 4 is 17.7 Å². The minimum absolute atomic E-state index is 0.0279. The van der Waals surface area contributed by atoms with Crippen LogP contribution in [0.15, 0.2) is 78.9 Å². The van der Waals surface area contributed by atoms with E-state index in [1.54, 1.807) is 0 Å². The highest BCUT2D eigenvalue weighted by molar-refractivity contribution is 7.98. The van der Waals surface area contributed by atoms with Crippen LogP contribution in [0.3, 0.4) is 0 Å². The molecule has 0 saturated heterocycles. The van der Waals surface area contributed by atoms with E-state index in [9.17, 15) is 4.79 Å². The lowest BCUT2D eigenvalue weighted by Gasteiger charge is -2.11. The number of aryl methyl sites for hydroxylation is 3. The van der Waals surface area contributed by atoms with Crippen molar-refractivity contribution in [3.05, 3.63) is 107 Å². The number of amides is 1. The molecule has 1 amide bonds. The summed E-state index contributed by atoms with van der Waals surface area (Å²) in [6, 6.07) is 26.8. The number of hydrogen-bond donors (Lipinski definition) is 1. The third-order valence-corrected chi connectivity index (χ3v) is 5.85. The number of benzene rings is 3. The van der Waals surface area contributed by atoms with Gasteiger partial charge in [-0.3, -0.25) is 4.79 Å². The normalized spacial score (nSPS) is 10.6. The Morgan fingerprint density at radius 2 is 1.50 bits per heavy atom. The van der Waals surface area contributed by atoms with Gasteiger partial charge in [0.25, 0.3) is 5.91 Å². The van der Waals surface area contributed by atoms with E-state index in [1.165, 1.54) is 16.7 Å². The van der Waals surface area contributed by atoms with Gasteiger partial charge >= 0.3 is 0 Å². The molecule has 3 heteroatoms. The lowest BCUT2D eigenvalue weighted by molar-refractivity contribution is 0.0955. The van der Waals surface area contributed by atoms with Gasteiger partial charge in [-0.05, 0) is 48.1 Å². The van der Waals surface area contributed by atoms with E-state index in [0.29, 0.717) is 6.54 Å². The van der Waals surface area contributed by atoms with Crippen LogP contribution in [0.25, 0.3) is 0 Å². The van der Waals surface area contributed by atoms with E-state index in [0.717, 1.165) is 35.5 Å². The Morgan fingerprint density at radius 1 is 0.821 bits per heavy atom. The number of carbonyl (C=O) groups is 1. The van der Waals surface area contributed by atoms with Crippen LogP contribution in [0.1, 0.15) is 32.6 Å². The maximum Gasteiger partial charge on any atom is 0.251 e. The molecule has 144 valence electrons. The molecule has 0 atom stereocenters. The molecule has 0 aromatic heterocycles. The van der Waals surface area contributed by atoms with Gasteiger partial charge in [-0.25, -0.2) is 0 Å². The van der Waals surface area contributed by atoms with Crippen LogP contribution >= 0.6 is 11.8 Å². The van der Waals surface area contributed by atoms with Gasteiger partial charge in [0.15, 0.2) is 0 Å². The molecule has 2 nitrogen and oxygen atoms in total. The van der Waals surface area contributed by atoms with Crippen molar-refractivity contribution in [2.24, 2.45) is 0 Å². The summed E-state index contributed by atoms with van der Waals surface area (Å²) in [6.45, 7) is 2.83. The molecule has 1 N–H and O–H groups in total. The summed E-state index contributed by atoms with van der Waals surface area (Å²) >= 11 is 1.85. The molecule has 3 aromatic carbocycles. The van der Waals surface area contributed by atoms with E-state index in [4.69, 9.17) is 0 Å². The van der Waals surface area contributed by atoms with Gasteiger partial charge in [-0.2, -0.15) is 11.8 Å². The van der Waals surface area contributed by atoms with Crippen molar-refractivity contribution in [3.63, 3.8) is 0 Å². The highest BCUT2D eigenvalue weighted by Gasteiger charge is 2.10. The molecule has 0 unspecified atom stereocenters. The first-order chi connectivity index (χ1) is 13.7. The number of nitrogens with one attached hydrogen (secondary N) is 1. The Kier molecular flexibility index (Phi) is 7.74. The number of carbonyl (C=O) groups excluding carboxylic acids is 1. The van der Waals surface area contributed by atoms with Crippen LogP contribution in [0, 0.1) is 6.92 Å². The van der Waals surface area contributed by atoms with Crippen LogP contribution < -0.4 is 5.32 Å². The predicted octanol–water partition coefficient (Wildman–Crippen LogP) is 5.44. The SMILES string of the molecule is Cc1ccccc1CSCCNC(=O)c1ccccc1CCc1ccccc1. The smallest absolute Gasteiger partial charge is 0.251 e. The maximum atomic E-state index is 12.6. The van der Waals surface area contributed by atoms with Crippen molar-refractivity contribution in [1.29, 1.82) is 0 Å². The van der Waals surface area contributed by atoms with E-state index in [-0.39, 0.29) is 5.91 Å². The average Bonchev–Trinajstić information content (AvgIpc) is 2.74. The van der Waals surface area contributed by atoms with Crippen molar-refractivity contribution < 1.29 is 4.79 Å². The Balaban J connectivity index is 1.47. The summed E-state index contributed by atoms with van der Waals surface area (Å²) in [6.07, 6.45) is 1.81. The summed E-state index contributed by atoms with van der Waals surface area (Å²) in [5, 5.41) is 3.08. The van der Waals surface area contributed by atoms with E-state index in [1.807, 2.05) is 36.0 Å². The molecule has 0 aliphatic heterocycles. The summed E-state index contributed by atoms with van der Waals surface area (Å²) in [5.41, 5.74) is 5.89. The zero-order chi connectivity index (χ0) is 19.6. The highest BCUT2D eigenvalue weighted by Crippen LogP contribution is 2.16. The second-order valence-electron chi connectivity index (χ2n) is 6.88. The molecule has 3 rings (SSSR count). The van der Waals surface area contributed by atoms with Crippen molar-refractivity contribution in [2.45, 2.75) is 25.5 Å². The lowest BCUT2D eigenvalue weighted by atomic mass is 9.99. The first kappa shape index (κ1) is 20.2. The van der Waals surface area contributed by atoms with Crippen LogP contribution in [0.5, 0.6) is 0 Å². The molecule has 0 bridgehead atoms. The van der Waals surface area contributed by atoms with E-state index in [2.05, 4.69) is 66.8 Å². The highest BCUT2D eigenvalue weighted by atomic mass is 32.2. The monoisotopic (exact) mass is 389 g/mol. The lowest BCUT2D eigenvalue weighted by Crippen LogP contribution is -2.26. The standard InChI is InChI=1S/C25H27NOS/c1-20-9-5-6-13-23(20)19-28-18-17-26-25(27)24-14-8-7-12-22(24)16-15-21-10-3-2-4-11-21/h2-14H,15-19H2,1H3,(H,26,27). The fourth-order valence-corrected chi connectivity index (χ4v) is 4.10. The van der Waals surface area contributed by atoms with Gasteiger partial charge in [-0.15, -0.1) is 0 Å². The van der Waals surface area contributed by atoms with Crippen molar-refractivity contribution in [1.82, 2.24) is 5.32 Å².